The van der Waals surface area contributed by atoms with Crippen molar-refractivity contribution in [3.8, 4) is 0 Å². The van der Waals surface area contributed by atoms with Crippen LogP contribution in [0.25, 0.3) is 0 Å². The number of benzene rings is 4. The van der Waals surface area contributed by atoms with Gasteiger partial charge in [0.2, 0.25) is 9.84 Å². The van der Waals surface area contributed by atoms with Crippen molar-refractivity contribution in [1.29, 1.82) is 0 Å². The van der Waals surface area contributed by atoms with Gasteiger partial charge >= 0.3 is 0 Å². The lowest BCUT2D eigenvalue weighted by atomic mass is 10.1. The molecule has 4 rings (SSSR count). The highest BCUT2D eigenvalue weighted by atomic mass is 32.2. The third-order valence-electron chi connectivity index (χ3n) is 5.41. The lowest BCUT2D eigenvalue weighted by Gasteiger charge is -2.10. The number of rotatable bonds is 6. The zero-order valence-electron chi connectivity index (χ0n) is 19.3. The Labute approximate surface area is 204 Å². The standard InChI is InChI=1S/C28H24N2O4S/c1-19-5-3-7-21(17-19)27(31)29-23-9-13-25(14-10-23)35(33,34)26-15-11-24(12-16-26)30-28(32)22-8-4-6-20(2)18-22/h3-18H,1-2H3,(H,29,31)(H,30,32). The zero-order valence-corrected chi connectivity index (χ0v) is 20.1. The summed E-state index contributed by atoms with van der Waals surface area (Å²) in [4.78, 5) is 25.1. The average molecular weight is 485 g/mol. The third-order valence-corrected chi connectivity index (χ3v) is 7.19. The van der Waals surface area contributed by atoms with Crippen LogP contribution in [0.2, 0.25) is 0 Å². The molecule has 0 aromatic heterocycles. The Kier molecular flexibility index (Phi) is 6.80. The summed E-state index contributed by atoms with van der Waals surface area (Å²) in [6.07, 6.45) is 0. The van der Waals surface area contributed by atoms with Gasteiger partial charge in [-0.15, -0.1) is 0 Å². The number of aryl methyl sites for hydroxylation is 2. The van der Waals surface area contributed by atoms with E-state index in [-0.39, 0.29) is 21.6 Å². The molecule has 0 spiro atoms. The van der Waals surface area contributed by atoms with Gasteiger partial charge in [0.15, 0.2) is 0 Å². The smallest absolute Gasteiger partial charge is 0.255 e. The van der Waals surface area contributed by atoms with E-state index in [0.29, 0.717) is 22.5 Å². The molecule has 35 heavy (non-hydrogen) atoms. The van der Waals surface area contributed by atoms with Crippen molar-refractivity contribution in [1.82, 2.24) is 0 Å². The molecule has 7 heteroatoms. The second-order valence-corrected chi connectivity index (χ2v) is 10.1. The predicted molar refractivity (Wildman–Crippen MR) is 137 cm³/mol. The van der Waals surface area contributed by atoms with Crippen molar-refractivity contribution in [3.05, 3.63) is 119 Å². The summed E-state index contributed by atoms with van der Waals surface area (Å²) < 4.78 is 26.1. The Bertz CT molecular complexity index is 1380. The van der Waals surface area contributed by atoms with E-state index in [4.69, 9.17) is 0 Å². The van der Waals surface area contributed by atoms with Gasteiger partial charge in [0.05, 0.1) is 9.79 Å². The van der Waals surface area contributed by atoms with Crippen LogP contribution in [0, 0.1) is 13.8 Å². The molecule has 0 radical (unpaired) electrons. The number of carbonyl (C=O) groups is 2. The maximum atomic E-state index is 13.0. The number of sulfone groups is 1. The Balaban J connectivity index is 1.45. The van der Waals surface area contributed by atoms with Crippen LogP contribution in [0.4, 0.5) is 11.4 Å². The van der Waals surface area contributed by atoms with Gasteiger partial charge < -0.3 is 10.6 Å². The lowest BCUT2D eigenvalue weighted by Crippen LogP contribution is -2.12. The number of hydrogen-bond acceptors (Lipinski definition) is 4. The van der Waals surface area contributed by atoms with Crippen molar-refractivity contribution in [2.45, 2.75) is 23.6 Å². The second kappa shape index (κ2) is 9.95. The van der Waals surface area contributed by atoms with Gasteiger partial charge in [-0.25, -0.2) is 8.42 Å². The number of nitrogens with one attached hydrogen (secondary N) is 2. The molecule has 0 atom stereocenters. The van der Waals surface area contributed by atoms with E-state index in [1.807, 2.05) is 26.0 Å². The average Bonchev–Trinajstić information content (AvgIpc) is 2.85. The minimum Gasteiger partial charge on any atom is -0.322 e. The highest BCUT2D eigenvalue weighted by Gasteiger charge is 2.18. The van der Waals surface area contributed by atoms with Gasteiger partial charge in [-0.1, -0.05) is 35.4 Å². The first-order chi connectivity index (χ1) is 16.7. The van der Waals surface area contributed by atoms with Crippen molar-refractivity contribution < 1.29 is 18.0 Å². The molecule has 0 bridgehead atoms. The molecule has 0 unspecified atom stereocenters. The summed E-state index contributed by atoms with van der Waals surface area (Å²) in [6, 6.07) is 26.4. The highest BCUT2D eigenvalue weighted by Crippen LogP contribution is 2.24. The largest absolute Gasteiger partial charge is 0.322 e. The highest BCUT2D eigenvalue weighted by molar-refractivity contribution is 7.91. The Morgan fingerprint density at radius 2 is 0.943 bits per heavy atom. The van der Waals surface area contributed by atoms with Crippen LogP contribution in [0.15, 0.2) is 107 Å². The molecular formula is C28H24N2O4S. The van der Waals surface area contributed by atoms with E-state index in [0.717, 1.165) is 11.1 Å². The maximum absolute atomic E-state index is 13.0. The van der Waals surface area contributed by atoms with Crippen molar-refractivity contribution in [2.75, 3.05) is 10.6 Å². The van der Waals surface area contributed by atoms with E-state index in [1.54, 1.807) is 60.7 Å². The van der Waals surface area contributed by atoms with Crippen molar-refractivity contribution >= 4 is 33.0 Å². The minimum absolute atomic E-state index is 0.0996. The van der Waals surface area contributed by atoms with E-state index in [2.05, 4.69) is 10.6 Å². The van der Waals surface area contributed by atoms with E-state index >= 15 is 0 Å². The van der Waals surface area contributed by atoms with Gasteiger partial charge in [-0.3, -0.25) is 9.59 Å². The topological polar surface area (TPSA) is 92.3 Å². The van der Waals surface area contributed by atoms with Gasteiger partial charge in [0.1, 0.15) is 0 Å². The number of amides is 2. The van der Waals surface area contributed by atoms with E-state index in [1.165, 1.54) is 24.3 Å². The zero-order chi connectivity index (χ0) is 25.0. The van der Waals surface area contributed by atoms with Gasteiger partial charge in [0.25, 0.3) is 11.8 Å². The molecule has 0 aliphatic carbocycles. The Hall–Kier alpha value is -4.23. The fourth-order valence-corrected chi connectivity index (χ4v) is 4.81. The van der Waals surface area contributed by atoms with E-state index in [9.17, 15) is 18.0 Å². The normalized spacial score (nSPS) is 11.0. The van der Waals surface area contributed by atoms with Crippen LogP contribution in [0.1, 0.15) is 31.8 Å². The maximum Gasteiger partial charge on any atom is 0.255 e. The van der Waals surface area contributed by atoms with Crippen LogP contribution in [-0.4, -0.2) is 20.2 Å². The summed E-state index contributed by atoms with van der Waals surface area (Å²) in [6.45, 7) is 3.81. The third kappa shape index (κ3) is 5.65. The SMILES string of the molecule is Cc1cccc(C(=O)Nc2ccc(S(=O)(=O)c3ccc(NC(=O)c4cccc(C)c4)cc3)cc2)c1. The molecule has 176 valence electrons. The Morgan fingerprint density at radius 1 is 0.571 bits per heavy atom. The van der Waals surface area contributed by atoms with Gasteiger partial charge in [-0.2, -0.15) is 0 Å². The molecule has 0 aliphatic rings. The summed E-state index contributed by atoms with van der Waals surface area (Å²) in [5, 5.41) is 5.54. The summed E-state index contributed by atoms with van der Waals surface area (Å²) in [5.41, 5.74) is 3.97. The van der Waals surface area contributed by atoms with Crippen LogP contribution in [-0.2, 0) is 9.84 Å². The molecule has 4 aromatic rings. The lowest BCUT2D eigenvalue weighted by molar-refractivity contribution is 0.101. The molecule has 4 aromatic carbocycles. The minimum atomic E-state index is -3.77. The Morgan fingerprint density at radius 3 is 1.29 bits per heavy atom. The van der Waals surface area contributed by atoms with Gasteiger partial charge in [-0.05, 0) is 86.6 Å². The fourth-order valence-electron chi connectivity index (χ4n) is 3.55. The first-order valence-corrected chi connectivity index (χ1v) is 12.4. The van der Waals surface area contributed by atoms with Gasteiger partial charge in [0, 0.05) is 22.5 Å². The molecule has 0 aliphatic heterocycles. The molecule has 0 saturated carbocycles. The fraction of sp³-hybridized carbons (Fsp3) is 0.0714. The summed E-state index contributed by atoms with van der Waals surface area (Å²) in [5.74, 6) is -0.541. The first-order valence-electron chi connectivity index (χ1n) is 10.9. The van der Waals surface area contributed by atoms with Crippen LogP contribution in [0.3, 0.4) is 0 Å². The molecule has 0 fully saturated rings. The second-order valence-electron chi connectivity index (χ2n) is 8.20. The summed E-state index contributed by atoms with van der Waals surface area (Å²) in [7, 11) is -3.77. The molecular weight excluding hydrogens is 460 g/mol. The van der Waals surface area contributed by atoms with Crippen molar-refractivity contribution in [3.63, 3.8) is 0 Å². The van der Waals surface area contributed by atoms with Crippen LogP contribution >= 0.6 is 0 Å². The molecule has 2 amide bonds. The first kappa shape index (κ1) is 23.9. The van der Waals surface area contributed by atoms with Crippen LogP contribution < -0.4 is 10.6 Å². The molecule has 2 N–H and O–H groups in total. The molecule has 0 saturated heterocycles. The molecule has 0 heterocycles. The summed E-state index contributed by atoms with van der Waals surface area (Å²) >= 11 is 0. The van der Waals surface area contributed by atoms with Crippen molar-refractivity contribution in [2.24, 2.45) is 0 Å². The number of carbonyl (C=O) groups excluding carboxylic acids is 2. The monoisotopic (exact) mass is 484 g/mol. The number of anilines is 2. The van der Waals surface area contributed by atoms with Crippen LogP contribution in [0.5, 0.6) is 0 Å². The quantitative estimate of drug-likeness (QED) is 0.370. The molecule has 6 nitrogen and oxygen atoms in total. The predicted octanol–water partition coefficient (Wildman–Crippen LogP) is 5.64. The van der Waals surface area contributed by atoms with E-state index < -0.39 is 9.84 Å². The number of hydrogen-bond donors (Lipinski definition) is 2.